The minimum Gasteiger partial charge on any atom is -0.483 e. The van der Waals surface area contributed by atoms with Gasteiger partial charge >= 0.3 is 0 Å². The molecule has 0 aliphatic carbocycles. The first kappa shape index (κ1) is 16.2. The van der Waals surface area contributed by atoms with Crippen molar-refractivity contribution in [2.45, 2.75) is 25.6 Å². The van der Waals surface area contributed by atoms with Crippen LogP contribution in [-0.4, -0.2) is 34.9 Å². The van der Waals surface area contributed by atoms with E-state index in [1.165, 1.54) is 0 Å². The largest absolute Gasteiger partial charge is 0.483 e. The lowest BCUT2D eigenvalue weighted by atomic mass is 10.00. The van der Waals surface area contributed by atoms with Gasteiger partial charge in [-0.25, -0.2) is 0 Å². The van der Waals surface area contributed by atoms with Gasteiger partial charge in [0, 0.05) is 17.8 Å². The molecule has 0 N–H and O–H groups in total. The molecule has 1 aliphatic heterocycles. The highest BCUT2D eigenvalue weighted by atomic mass is 35.5. The summed E-state index contributed by atoms with van der Waals surface area (Å²) in [6, 6.07) is 5.98. The van der Waals surface area contributed by atoms with Gasteiger partial charge in [0.15, 0.2) is 0 Å². The van der Waals surface area contributed by atoms with E-state index in [0.717, 1.165) is 22.6 Å². The molecule has 0 fully saturated rings. The number of alkyl halides is 1. The molecule has 1 heterocycles. The number of hydrogen-bond donors (Lipinski definition) is 0. The summed E-state index contributed by atoms with van der Waals surface area (Å²) >= 11 is 7.70. The van der Waals surface area contributed by atoms with Crippen LogP contribution in [0.15, 0.2) is 24.3 Å². The second kappa shape index (κ2) is 7.23. The van der Waals surface area contributed by atoms with Gasteiger partial charge < -0.3 is 9.64 Å². The highest BCUT2D eigenvalue weighted by Gasteiger charge is 2.29. The van der Waals surface area contributed by atoms with Gasteiger partial charge in [0.1, 0.15) is 17.1 Å². The topological polar surface area (TPSA) is 29.5 Å². The van der Waals surface area contributed by atoms with Crippen molar-refractivity contribution >= 4 is 35.0 Å². The molecule has 1 aliphatic rings. The van der Waals surface area contributed by atoms with Crippen molar-refractivity contribution in [3.63, 3.8) is 0 Å². The third-order valence-corrected chi connectivity index (χ3v) is 4.19. The van der Waals surface area contributed by atoms with Crippen LogP contribution in [0.4, 0.5) is 0 Å². The summed E-state index contributed by atoms with van der Waals surface area (Å²) in [4.78, 5) is 13.9. The molecule has 5 heteroatoms. The van der Waals surface area contributed by atoms with Gasteiger partial charge in [-0.3, -0.25) is 4.79 Å². The third-order valence-electron chi connectivity index (χ3n) is 3.48. The lowest BCUT2D eigenvalue weighted by molar-refractivity contribution is -0.127. The molecule has 21 heavy (non-hydrogen) atoms. The molecule has 0 aromatic heterocycles. The minimum atomic E-state index is -0.446. The SMILES string of the molecule is CCN1C(=O)C(Cl)CC=C1c1ccc(OCSC)cc1C. The normalized spacial score (nSPS) is 18.7. The number of halogens is 1. The molecule has 0 bridgehead atoms. The van der Waals surface area contributed by atoms with Crippen LogP contribution in [0.1, 0.15) is 24.5 Å². The minimum absolute atomic E-state index is 0.0150. The summed E-state index contributed by atoms with van der Waals surface area (Å²) in [5.41, 5.74) is 3.11. The standard InChI is InChI=1S/C16H20ClNO2S/c1-4-18-15(8-7-14(17)16(18)19)13-6-5-12(9-11(13)2)20-10-21-3/h5-6,8-9,14H,4,7,10H2,1-3H3. The molecule has 1 amide bonds. The van der Waals surface area contributed by atoms with E-state index in [4.69, 9.17) is 16.3 Å². The lowest BCUT2D eigenvalue weighted by Crippen LogP contribution is -2.38. The molecule has 2 rings (SSSR count). The number of carbonyl (C=O) groups is 1. The Labute approximate surface area is 135 Å². The quantitative estimate of drug-likeness (QED) is 0.607. The number of aryl methyl sites for hydroxylation is 1. The maximum Gasteiger partial charge on any atom is 0.245 e. The van der Waals surface area contributed by atoms with E-state index in [2.05, 4.69) is 0 Å². The average Bonchev–Trinajstić information content (AvgIpc) is 2.48. The number of benzene rings is 1. The molecule has 0 radical (unpaired) electrons. The van der Waals surface area contributed by atoms with Gasteiger partial charge in [0.2, 0.25) is 5.91 Å². The van der Waals surface area contributed by atoms with Crippen LogP contribution < -0.4 is 4.74 Å². The van der Waals surface area contributed by atoms with E-state index >= 15 is 0 Å². The fourth-order valence-corrected chi connectivity index (χ4v) is 2.90. The highest BCUT2D eigenvalue weighted by Crippen LogP contribution is 2.31. The van der Waals surface area contributed by atoms with Crippen molar-refractivity contribution in [3.8, 4) is 5.75 Å². The van der Waals surface area contributed by atoms with E-state index in [9.17, 15) is 4.79 Å². The van der Waals surface area contributed by atoms with Gasteiger partial charge in [-0.2, -0.15) is 0 Å². The van der Waals surface area contributed by atoms with Crippen LogP contribution in [0.25, 0.3) is 5.70 Å². The second-order valence-corrected chi connectivity index (χ2v) is 6.24. The Balaban J connectivity index is 2.30. The zero-order valence-corrected chi connectivity index (χ0v) is 14.1. The van der Waals surface area contributed by atoms with Crippen LogP contribution in [0.2, 0.25) is 0 Å². The summed E-state index contributed by atoms with van der Waals surface area (Å²) < 4.78 is 5.61. The molecule has 3 nitrogen and oxygen atoms in total. The van der Waals surface area contributed by atoms with Crippen molar-refractivity contribution in [1.82, 2.24) is 4.90 Å². The monoisotopic (exact) mass is 325 g/mol. The van der Waals surface area contributed by atoms with Gasteiger partial charge in [-0.15, -0.1) is 23.4 Å². The Morgan fingerprint density at radius 1 is 1.48 bits per heavy atom. The van der Waals surface area contributed by atoms with Crippen molar-refractivity contribution < 1.29 is 9.53 Å². The molecule has 1 unspecified atom stereocenters. The Hall–Kier alpha value is -1.13. The van der Waals surface area contributed by atoms with Crippen molar-refractivity contribution in [2.75, 3.05) is 18.7 Å². The van der Waals surface area contributed by atoms with Gasteiger partial charge in [0.05, 0.1) is 0 Å². The van der Waals surface area contributed by atoms with E-state index in [1.807, 2.05) is 44.4 Å². The molecule has 0 saturated heterocycles. The molecule has 1 aromatic rings. The predicted molar refractivity (Wildman–Crippen MR) is 89.8 cm³/mol. The number of thioether (sulfide) groups is 1. The number of carbonyl (C=O) groups excluding carboxylic acids is 1. The smallest absolute Gasteiger partial charge is 0.245 e. The second-order valence-electron chi connectivity index (χ2n) is 4.90. The Kier molecular flexibility index (Phi) is 5.59. The summed E-state index contributed by atoms with van der Waals surface area (Å²) in [6.45, 7) is 4.62. The lowest BCUT2D eigenvalue weighted by Gasteiger charge is -2.31. The first-order valence-corrected chi connectivity index (χ1v) is 8.79. The Morgan fingerprint density at radius 3 is 2.86 bits per heavy atom. The third kappa shape index (κ3) is 3.55. The number of rotatable bonds is 5. The van der Waals surface area contributed by atoms with Crippen LogP contribution >= 0.6 is 23.4 Å². The van der Waals surface area contributed by atoms with Gasteiger partial charge in [-0.1, -0.05) is 6.08 Å². The van der Waals surface area contributed by atoms with E-state index in [1.54, 1.807) is 16.7 Å². The summed E-state index contributed by atoms with van der Waals surface area (Å²) in [5.74, 6) is 1.47. The summed E-state index contributed by atoms with van der Waals surface area (Å²) in [6.07, 6.45) is 4.63. The van der Waals surface area contributed by atoms with Crippen LogP contribution in [-0.2, 0) is 4.79 Å². The van der Waals surface area contributed by atoms with Gasteiger partial charge in [-0.05, 0) is 50.3 Å². The first-order valence-electron chi connectivity index (χ1n) is 6.96. The molecule has 0 spiro atoms. The molecule has 0 saturated carbocycles. The Morgan fingerprint density at radius 2 is 2.24 bits per heavy atom. The van der Waals surface area contributed by atoms with Crippen LogP contribution in [0.5, 0.6) is 5.75 Å². The zero-order valence-electron chi connectivity index (χ0n) is 12.6. The van der Waals surface area contributed by atoms with Crippen LogP contribution in [0.3, 0.4) is 0 Å². The van der Waals surface area contributed by atoms with Crippen LogP contribution in [0, 0.1) is 6.92 Å². The first-order chi connectivity index (χ1) is 10.1. The van der Waals surface area contributed by atoms with Crippen molar-refractivity contribution in [1.29, 1.82) is 0 Å². The molecular formula is C16H20ClNO2S. The number of amides is 1. The summed E-state index contributed by atoms with van der Waals surface area (Å²) in [7, 11) is 0. The highest BCUT2D eigenvalue weighted by molar-refractivity contribution is 7.98. The fourth-order valence-electron chi connectivity index (χ4n) is 2.44. The molecule has 1 atom stereocenters. The fraction of sp³-hybridized carbons (Fsp3) is 0.438. The van der Waals surface area contributed by atoms with E-state index in [-0.39, 0.29) is 5.91 Å². The average molecular weight is 326 g/mol. The molecule has 1 aromatic carbocycles. The van der Waals surface area contributed by atoms with E-state index in [0.29, 0.717) is 18.9 Å². The summed E-state index contributed by atoms with van der Waals surface area (Å²) in [5, 5.41) is -0.446. The number of hydrogen-bond acceptors (Lipinski definition) is 3. The Bertz CT molecular complexity index is 559. The number of ether oxygens (including phenoxy) is 1. The van der Waals surface area contributed by atoms with Crippen molar-refractivity contribution in [2.24, 2.45) is 0 Å². The van der Waals surface area contributed by atoms with Gasteiger partial charge in [0.25, 0.3) is 0 Å². The number of allylic oxidation sites excluding steroid dienone is 1. The maximum atomic E-state index is 12.2. The molecule has 114 valence electrons. The maximum absolute atomic E-state index is 12.2. The zero-order chi connectivity index (χ0) is 15.4. The molecular weight excluding hydrogens is 306 g/mol. The predicted octanol–water partition coefficient (Wildman–Crippen LogP) is 3.89. The number of nitrogens with zero attached hydrogens (tertiary/aromatic N) is 1. The van der Waals surface area contributed by atoms with E-state index < -0.39 is 5.38 Å². The van der Waals surface area contributed by atoms with Crippen molar-refractivity contribution in [3.05, 3.63) is 35.4 Å².